The number of carbonyl (C=O) groups excluding carboxylic acids is 1. The third-order valence-electron chi connectivity index (χ3n) is 4.46. The highest BCUT2D eigenvalue weighted by atomic mass is 19.4. The SMILES string of the molecule is COc1cnc(NC(=O)/C=C/C#N)cc1/C=C/[C@H]1CC[C@H](C(F)(F)F)CC1. The monoisotopic (exact) mass is 379 g/mol. The van der Waals surface area contributed by atoms with Crippen LogP contribution in [0.25, 0.3) is 6.08 Å². The average Bonchev–Trinajstić information content (AvgIpc) is 2.64. The van der Waals surface area contributed by atoms with Gasteiger partial charge in [-0.2, -0.15) is 18.4 Å². The Morgan fingerprint density at radius 3 is 2.67 bits per heavy atom. The minimum Gasteiger partial charge on any atom is -0.495 e. The van der Waals surface area contributed by atoms with Crippen molar-refractivity contribution in [3.63, 3.8) is 0 Å². The van der Waals surface area contributed by atoms with Gasteiger partial charge in [0.15, 0.2) is 0 Å². The summed E-state index contributed by atoms with van der Waals surface area (Å²) in [6, 6.07) is 3.33. The molecule has 0 aromatic carbocycles. The van der Waals surface area contributed by atoms with Crippen LogP contribution >= 0.6 is 0 Å². The molecule has 1 fully saturated rings. The first kappa shape index (κ1) is 20.5. The molecule has 0 bridgehead atoms. The van der Waals surface area contributed by atoms with E-state index in [0.29, 0.717) is 24.2 Å². The number of hydrogen-bond donors (Lipinski definition) is 1. The molecule has 1 aliphatic carbocycles. The van der Waals surface area contributed by atoms with Crippen molar-refractivity contribution in [2.75, 3.05) is 12.4 Å². The Balaban J connectivity index is 2.05. The van der Waals surface area contributed by atoms with Crippen LogP contribution in [0.15, 0.2) is 30.5 Å². The summed E-state index contributed by atoms with van der Waals surface area (Å²) in [5.41, 5.74) is 0.657. The van der Waals surface area contributed by atoms with E-state index in [-0.39, 0.29) is 24.6 Å². The fourth-order valence-corrected chi connectivity index (χ4v) is 2.99. The van der Waals surface area contributed by atoms with Crippen molar-refractivity contribution in [1.82, 2.24) is 4.98 Å². The number of allylic oxidation sites excluding steroid dienone is 2. The molecule has 8 heteroatoms. The first-order chi connectivity index (χ1) is 12.8. The molecular formula is C19H20F3N3O2. The maximum absolute atomic E-state index is 12.7. The van der Waals surface area contributed by atoms with Crippen molar-refractivity contribution in [2.45, 2.75) is 31.9 Å². The molecule has 1 heterocycles. The lowest BCUT2D eigenvalue weighted by molar-refractivity contribution is -0.183. The number of nitrogens with one attached hydrogen (secondary N) is 1. The molecule has 1 aliphatic rings. The van der Waals surface area contributed by atoms with Crippen molar-refractivity contribution in [1.29, 1.82) is 5.26 Å². The summed E-state index contributed by atoms with van der Waals surface area (Å²) < 4.78 is 43.5. The summed E-state index contributed by atoms with van der Waals surface area (Å²) in [4.78, 5) is 15.7. The van der Waals surface area contributed by atoms with E-state index in [4.69, 9.17) is 10.00 Å². The summed E-state index contributed by atoms with van der Waals surface area (Å²) >= 11 is 0. The molecule has 2 rings (SSSR count). The number of rotatable bonds is 5. The summed E-state index contributed by atoms with van der Waals surface area (Å²) in [7, 11) is 1.48. The van der Waals surface area contributed by atoms with Crippen molar-refractivity contribution >= 4 is 17.8 Å². The number of pyridine rings is 1. The number of hydrogen-bond acceptors (Lipinski definition) is 4. The van der Waals surface area contributed by atoms with Gasteiger partial charge < -0.3 is 10.1 Å². The van der Waals surface area contributed by atoms with Gasteiger partial charge in [0.25, 0.3) is 0 Å². The maximum atomic E-state index is 12.7. The molecule has 0 aliphatic heterocycles. The van der Waals surface area contributed by atoms with Crippen LogP contribution in [0.5, 0.6) is 5.75 Å². The third kappa shape index (κ3) is 6.13. The van der Waals surface area contributed by atoms with Crippen LogP contribution in [-0.2, 0) is 4.79 Å². The lowest BCUT2D eigenvalue weighted by Gasteiger charge is -2.28. The van der Waals surface area contributed by atoms with Crippen LogP contribution < -0.4 is 10.1 Å². The molecule has 0 saturated heterocycles. The minimum atomic E-state index is -4.11. The highest BCUT2D eigenvalue weighted by Crippen LogP contribution is 2.40. The summed E-state index contributed by atoms with van der Waals surface area (Å²) in [6.07, 6.45) is 4.37. The lowest BCUT2D eigenvalue weighted by Crippen LogP contribution is -2.27. The fourth-order valence-electron chi connectivity index (χ4n) is 2.99. The van der Waals surface area contributed by atoms with Gasteiger partial charge in [0, 0.05) is 17.7 Å². The Morgan fingerprint density at radius 2 is 2.07 bits per heavy atom. The number of methoxy groups -OCH3 is 1. The quantitative estimate of drug-likeness (QED) is 0.604. The van der Waals surface area contributed by atoms with Gasteiger partial charge in [0.05, 0.1) is 25.3 Å². The van der Waals surface area contributed by atoms with Gasteiger partial charge in [-0.15, -0.1) is 0 Å². The molecule has 5 nitrogen and oxygen atoms in total. The van der Waals surface area contributed by atoms with Gasteiger partial charge in [0.1, 0.15) is 11.6 Å². The van der Waals surface area contributed by atoms with Crippen LogP contribution in [0.3, 0.4) is 0 Å². The number of carbonyl (C=O) groups is 1. The number of halogens is 3. The largest absolute Gasteiger partial charge is 0.495 e. The summed E-state index contributed by atoms with van der Waals surface area (Å²) in [5, 5.41) is 11.0. The highest BCUT2D eigenvalue weighted by Gasteiger charge is 2.40. The molecule has 1 aromatic heterocycles. The number of anilines is 1. The second-order valence-corrected chi connectivity index (χ2v) is 6.28. The molecule has 0 spiro atoms. The Bertz CT molecular complexity index is 758. The van der Waals surface area contributed by atoms with Gasteiger partial charge >= 0.3 is 6.18 Å². The van der Waals surface area contributed by atoms with Crippen LogP contribution in [0.4, 0.5) is 19.0 Å². The Morgan fingerprint density at radius 1 is 1.37 bits per heavy atom. The summed E-state index contributed by atoms with van der Waals surface area (Å²) in [6.45, 7) is 0. The zero-order valence-electron chi connectivity index (χ0n) is 14.8. The van der Waals surface area contributed by atoms with E-state index in [1.807, 2.05) is 6.08 Å². The van der Waals surface area contributed by atoms with E-state index in [2.05, 4.69) is 10.3 Å². The Hall–Kier alpha value is -2.82. The molecule has 1 aromatic rings. The first-order valence-electron chi connectivity index (χ1n) is 8.49. The van der Waals surface area contributed by atoms with Crippen LogP contribution in [0, 0.1) is 23.2 Å². The van der Waals surface area contributed by atoms with Crippen LogP contribution in [0.2, 0.25) is 0 Å². The molecule has 1 saturated carbocycles. The maximum Gasteiger partial charge on any atom is 0.391 e. The van der Waals surface area contributed by atoms with E-state index in [0.717, 1.165) is 12.2 Å². The zero-order valence-corrected chi connectivity index (χ0v) is 14.8. The summed E-state index contributed by atoms with van der Waals surface area (Å²) in [5.74, 6) is -0.863. The van der Waals surface area contributed by atoms with Crippen molar-refractivity contribution in [3.05, 3.63) is 36.1 Å². The first-order valence-corrected chi connectivity index (χ1v) is 8.49. The number of alkyl halides is 3. The van der Waals surface area contributed by atoms with Crippen LogP contribution in [0.1, 0.15) is 31.2 Å². The molecular weight excluding hydrogens is 359 g/mol. The van der Waals surface area contributed by atoms with Gasteiger partial charge in [-0.25, -0.2) is 4.98 Å². The Labute approximate surface area is 155 Å². The molecule has 0 unspecified atom stereocenters. The molecule has 0 atom stereocenters. The predicted octanol–water partition coefficient (Wildman–Crippen LogP) is 4.49. The van der Waals surface area contributed by atoms with Gasteiger partial charge in [-0.3, -0.25) is 4.79 Å². The number of ether oxygens (including phenoxy) is 1. The molecule has 144 valence electrons. The van der Waals surface area contributed by atoms with Gasteiger partial charge in [0.2, 0.25) is 5.91 Å². The van der Waals surface area contributed by atoms with Crippen LogP contribution in [-0.4, -0.2) is 24.2 Å². The minimum absolute atomic E-state index is 0.0677. The van der Waals surface area contributed by atoms with E-state index < -0.39 is 18.0 Å². The van der Waals surface area contributed by atoms with E-state index in [9.17, 15) is 18.0 Å². The second kappa shape index (κ2) is 9.21. The molecule has 1 amide bonds. The smallest absolute Gasteiger partial charge is 0.391 e. The zero-order chi connectivity index (χ0) is 19.9. The number of nitriles is 1. The second-order valence-electron chi connectivity index (χ2n) is 6.28. The topological polar surface area (TPSA) is 75.0 Å². The van der Waals surface area contributed by atoms with E-state index in [1.54, 1.807) is 18.2 Å². The number of amides is 1. The van der Waals surface area contributed by atoms with E-state index >= 15 is 0 Å². The Kier molecular flexibility index (Phi) is 6.99. The lowest BCUT2D eigenvalue weighted by atomic mass is 9.81. The van der Waals surface area contributed by atoms with Gasteiger partial charge in [-0.1, -0.05) is 12.2 Å². The van der Waals surface area contributed by atoms with Crippen molar-refractivity contribution in [2.24, 2.45) is 11.8 Å². The molecule has 0 radical (unpaired) electrons. The van der Waals surface area contributed by atoms with Crippen molar-refractivity contribution < 1.29 is 22.7 Å². The van der Waals surface area contributed by atoms with Gasteiger partial charge in [-0.05, 0) is 37.7 Å². The number of aromatic nitrogens is 1. The number of nitrogens with zero attached hydrogens (tertiary/aromatic N) is 2. The predicted molar refractivity (Wildman–Crippen MR) is 94.7 cm³/mol. The highest BCUT2D eigenvalue weighted by molar-refractivity contribution is 5.99. The molecule has 27 heavy (non-hydrogen) atoms. The average molecular weight is 379 g/mol. The standard InChI is InChI=1S/C19H20F3N3O2/c1-27-16-12-24-17(25-18(26)3-2-10-23)11-14(16)7-4-13-5-8-15(9-6-13)19(20,21)22/h2-4,7,11-13,15H,5-6,8-9H2,1H3,(H,24,25,26)/b3-2+,7-4+/t13-,15-. The third-order valence-corrected chi connectivity index (χ3v) is 4.46. The van der Waals surface area contributed by atoms with Crippen molar-refractivity contribution in [3.8, 4) is 11.8 Å². The normalized spacial score (nSPS) is 20.6. The molecule has 1 N–H and O–H groups in total. The van der Waals surface area contributed by atoms with E-state index in [1.165, 1.54) is 13.3 Å². The fraction of sp³-hybridized carbons (Fsp3) is 0.421.